The Labute approximate surface area is 109 Å². The third-order valence-corrected chi connectivity index (χ3v) is 4.35. The molecule has 0 aliphatic heterocycles. The van der Waals surface area contributed by atoms with Gasteiger partial charge < -0.3 is 4.98 Å². The number of aryl methyl sites for hydroxylation is 1. The number of aromatic amines is 1. The van der Waals surface area contributed by atoms with Crippen LogP contribution in [0.1, 0.15) is 69.0 Å². The second kappa shape index (κ2) is 5.68. The van der Waals surface area contributed by atoms with E-state index < -0.39 is 0 Å². The molecule has 0 bridgehead atoms. The Morgan fingerprint density at radius 3 is 2.78 bits per heavy atom. The minimum Gasteiger partial charge on any atom is -0.310 e. The van der Waals surface area contributed by atoms with E-state index in [1.54, 1.807) is 0 Å². The van der Waals surface area contributed by atoms with Gasteiger partial charge >= 0.3 is 0 Å². The van der Waals surface area contributed by atoms with Crippen LogP contribution in [0.3, 0.4) is 0 Å². The Morgan fingerprint density at radius 1 is 1.33 bits per heavy atom. The fourth-order valence-electron chi connectivity index (χ4n) is 3.05. The summed E-state index contributed by atoms with van der Waals surface area (Å²) in [5.41, 5.74) is 1.80. The van der Waals surface area contributed by atoms with Crippen molar-refractivity contribution in [2.75, 3.05) is 0 Å². The Kier molecular flexibility index (Phi) is 4.20. The lowest BCUT2D eigenvalue weighted by molar-refractivity contribution is 0.306. The molecule has 0 spiro atoms. The van der Waals surface area contributed by atoms with Gasteiger partial charge in [0.25, 0.3) is 5.56 Å². The zero-order chi connectivity index (χ0) is 13.1. The van der Waals surface area contributed by atoms with Crippen molar-refractivity contribution in [3.05, 3.63) is 27.4 Å². The minimum atomic E-state index is 0.0514. The Balaban J connectivity index is 2.27. The van der Waals surface area contributed by atoms with Gasteiger partial charge in [-0.1, -0.05) is 33.1 Å². The molecule has 1 aromatic heterocycles. The summed E-state index contributed by atoms with van der Waals surface area (Å²) < 4.78 is 0. The lowest BCUT2D eigenvalue weighted by Crippen LogP contribution is -2.22. The van der Waals surface area contributed by atoms with Crippen molar-refractivity contribution in [3.8, 4) is 0 Å². The maximum absolute atomic E-state index is 11.9. The second-order valence-corrected chi connectivity index (χ2v) is 5.51. The van der Waals surface area contributed by atoms with Crippen molar-refractivity contribution in [1.82, 2.24) is 9.97 Å². The molecule has 0 aromatic carbocycles. The van der Waals surface area contributed by atoms with E-state index in [0.29, 0.717) is 5.92 Å². The maximum Gasteiger partial charge on any atom is 0.254 e. The van der Waals surface area contributed by atoms with Crippen LogP contribution in [0.2, 0.25) is 0 Å². The third-order valence-electron chi connectivity index (χ3n) is 4.35. The molecule has 2 atom stereocenters. The number of aromatic nitrogens is 2. The lowest BCUT2D eigenvalue weighted by Gasteiger charge is -2.28. The molecule has 1 N–H and O–H groups in total. The van der Waals surface area contributed by atoms with E-state index in [4.69, 9.17) is 0 Å². The first-order valence-corrected chi connectivity index (χ1v) is 7.25. The van der Waals surface area contributed by atoms with Crippen LogP contribution in [0.15, 0.2) is 4.79 Å². The molecule has 3 heteroatoms. The predicted molar refractivity (Wildman–Crippen MR) is 74.0 cm³/mol. The molecule has 1 aromatic rings. The molecule has 2 unspecified atom stereocenters. The van der Waals surface area contributed by atoms with E-state index in [1.807, 2.05) is 6.92 Å². The highest BCUT2D eigenvalue weighted by Gasteiger charge is 2.24. The molecule has 18 heavy (non-hydrogen) atoms. The number of nitrogens with zero attached hydrogens (tertiary/aromatic N) is 1. The molecule has 0 amide bonds. The van der Waals surface area contributed by atoms with Gasteiger partial charge in [-0.2, -0.15) is 0 Å². The summed E-state index contributed by atoms with van der Waals surface area (Å²) >= 11 is 0. The van der Waals surface area contributed by atoms with E-state index in [2.05, 4.69) is 23.8 Å². The summed E-state index contributed by atoms with van der Waals surface area (Å²) in [6.45, 7) is 6.19. The largest absolute Gasteiger partial charge is 0.310 e. The van der Waals surface area contributed by atoms with Crippen LogP contribution in [0.25, 0.3) is 0 Å². The van der Waals surface area contributed by atoms with Gasteiger partial charge in [0.1, 0.15) is 5.82 Å². The average Bonchev–Trinajstić information content (AvgIpc) is 2.41. The molecule has 1 fully saturated rings. The number of hydrogen-bond donors (Lipinski definition) is 1. The molecule has 2 rings (SSSR count). The van der Waals surface area contributed by atoms with Crippen LogP contribution < -0.4 is 5.56 Å². The van der Waals surface area contributed by atoms with Gasteiger partial charge in [-0.15, -0.1) is 0 Å². The van der Waals surface area contributed by atoms with Crippen molar-refractivity contribution in [1.29, 1.82) is 0 Å². The molecule has 0 radical (unpaired) electrons. The summed E-state index contributed by atoms with van der Waals surface area (Å²) in [4.78, 5) is 19.6. The standard InChI is InChI=1S/C15H24N2O/c1-4-11-7-6-8-12(9-11)14-16-13(5-2)10(3)15(18)17-14/h11-12H,4-9H2,1-3H3,(H,16,17,18). The van der Waals surface area contributed by atoms with Crippen molar-refractivity contribution < 1.29 is 0 Å². The SMILES string of the molecule is CCc1nc(C2CCCC(CC)C2)[nH]c(=O)c1C. The molecule has 1 aliphatic rings. The molecule has 1 saturated carbocycles. The zero-order valence-corrected chi connectivity index (χ0v) is 11.8. The Morgan fingerprint density at radius 2 is 2.11 bits per heavy atom. The fourth-order valence-corrected chi connectivity index (χ4v) is 3.05. The first kappa shape index (κ1) is 13.3. The van der Waals surface area contributed by atoms with Gasteiger partial charge in [-0.3, -0.25) is 4.79 Å². The summed E-state index contributed by atoms with van der Waals surface area (Å²) in [5, 5.41) is 0. The summed E-state index contributed by atoms with van der Waals surface area (Å²) in [7, 11) is 0. The van der Waals surface area contributed by atoms with E-state index in [-0.39, 0.29) is 5.56 Å². The highest BCUT2D eigenvalue weighted by Crippen LogP contribution is 2.35. The van der Waals surface area contributed by atoms with Crippen LogP contribution in [0.4, 0.5) is 0 Å². The topological polar surface area (TPSA) is 45.8 Å². The van der Waals surface area contributed by atoms with Crippen LogP contribution in [0, 0.1) is 12.8 Å². The first-order chi connectivity index (χ1) is 8.65. The summed E-state index contributed by atoms with van der Waals surface area (Å²) in [6.07, 6.45) is 7.04. The van der Waals surface area contributed by atoms with Crippen LogP contribution in [-0.2, 0) is 6.42 Å². The van der Waals surface area contributed by atoms with Crippen LogP contribution in [-0.4, -0.2) is 9.97 Å². The predicted octanol–water partition coefficient (Wildman–Crippen LogP) is 3.32. The quantitative estimate of drug-likeness (QED) is 0.891. The minimum absolute atomic E-state index is 0.0514. The molecule has 100 valence electrons. The van der Waals surface area contributed by atoms with Crippen LogP contribution in [0.5, 0.6) is 0 Å². The van der Waals surface area contributed by atoms with E-state index in [1.165, 1.54) is 32.1 Å². The summed E-state index contributed by atoms with van der Waals surface area (Å²) in [5.74, 6) is 2.20. The highest BCUT2D eigenvalue weighted by molar-refractivity contribution is 5.17. The normalized spacial score (nSPS) is 24.2. The zero-order valence-electron chi connectivity index (χ0n) is 11.8. The number of rotatable bonds is 3. The highest BCUT2D eigenvalue weighted by atomic mass is 16.1. The summed E-state index contributed by atoms with van der Waals surface area (Å²) in [6, 6.07) is 0. The Hall–Kier alpha value is -1.12. The smallest absolute Gasteiger partial charge is 0.254 e. The third kappa shape index (κ3) is 2.65. The fraction of sp³-hybridized carbons (Fsp3) is 0.733. The molecular formula is C15H24N2O. The number of nitrogens with one attached hydrogen (secondary N) is 1. The van der Waals surface area contributed by atoms with Gasteiger partial charge in [0, 0.05) is 11.5 Å². The van der Waals surface area contributed by atoms with Gasteiger partial charge in [-0.25, -0.2) is 4.98 Å². The maximum atomic E-state index is 11.9. The average molecular weight is 248 g/mol. The second-order valence-electron chi connectivity index (χ2n) is 5.51. The molecule has 1 aliphatic carbocycles. The van der Waals surface area contributed by atoms with Gasteiger partial charge in [0.15, 0.2) is 0 Å². The molecule has 3 nitrogen and oxygen atoms in total. The molecule has 1 heterocycles. The van der Waals surface area contributed by atoms with E-state index in [0.717, 1.165) is 29.4 Å². The van der Waals surface area contributed by atoms with Gasteiger partial charge in [0.05, 0.1) is 5.69 Å². The van der Waals surface area contributed by atoms with Crippen molar-refractivity contribution in [3.63, 3.8) is 0 Å². The monoisotopic (exact) mass is 248 g/mol. The van der Waals surface area contributed by atoms with Crippen LogP contribution >= 0.6 is 0 Å². The van der Waals surface area contributed by atoms with Crippen molar-refractivity contribution in [2.45, 2.75) is 65.2 Å². The first-order valence-electron chi connectivity index (χ1n) is 7.25. The van der Waals surface area contributed by atoms with Gasteiger partial charge in [0.2, 0.25) is 0 Å². The molecular weight excluding hydrogens is 224 g/mol. The van der Waals surface area contributed by atoms with Gasteiger partial charge in [-0.05, 0) is 32.1 Å². The number of H-pyrrole nitrogens is 1. The van der Waals surface area contributed by atoms with Crippen molar-refractivity contribution in [2.24, 2.45) is 5.92 Å². The molecule has 0 saturated heterocycles. The number of hydrogen-bond acceptors (Lipinski definition) is 2. The van der Waals surface area contributed by atoms with E-state index in [9.17, 15) is 4.79 Å². The lowest BCUT2D eigenvalue weighted by atomic mass is 9.80. The van der Waals surface area contributed by atoms with Crippen molar-refractivity contribution >= 4 is 0 Å². The van der Waals surface area contributed by atoms with E-state index >= 15 is 0 Å². The Bertz CT molecular complexity index is 464.